The molecule has 1 aliphatic carbocycles. The van der Waals surface area contributed by atoms with Gasteiger partial charge < -0.3 is 9.84 Å². The van der Waals surface area contributed by atoms with Crippen molar-refractivity contribution in [1.29, 1.82) is 0 Å². The largest absolute Gasteiger partial charge is 0.479 e. The lowest BCUT2D eigenvalue weighted by molar-refractivity contribution is -0.142. The Morgan fingerprint density at radius 1 is 0.897 bits per heavy atom. The van der Waals surface area contributed by atoms with Crippen molar-refractivity contribution < 1.29 is 19.4 Å². The van der Waals surface area contributed by atoms with Gasteiger partial charge in [-0.2, -0.15) is 0 Å². The average Bonchev–Trinajstić information content (AvgIpc) is 3.06. The summed E-state index contributed by atoms with van der Waals surface area (Å²) in [4.78, 5) is 25.6. The van der Waals surface area contributed by atoms with Gasteiger partial charge in [0.05, 0.1) is 0 Å². The summed E-state index contributed by atoms with van der Waals surface area (Å²) in [6.07, 6.45) is -0.664. The van der Waals surface area contributed by atoms with Crippen LogP contribution in [0.4, 0.5) is 4.79 Å². The van der Waals surface area contributed by atoms with Gasteiger partial charge in [0.25, 0.3) is 0 Å². The van der Waals surface area contributed by atoms with Crippen LogP contribution in [0.5, 0.6) is 0 Å². The molecule has 1 atom stereocenters. The number of hydrogen-bond donors (Lipinski definition) is 1. The SMILES string of the molecule is CN(C(=O)OCC1c2ccccc2-c2ccccc21)[C@@H](C(=O)O)c1ccccc1. The Labute approximate surface area is 169 Å². The second kappa shape index (κ2) is 7.80. The van der Waals surface area contributed by atoms with Crippen LogP contribution in [0.2, 0.25) is 0 Å². The van der Waals surface area contributed by atoms with Crippen molar-refractivity contribution in [2.24, 2.45) is 0 Å². The predicted molar refractivity (Wildman–Crippen MR) is 110 cm³/mol. The van der Waals surface area contributed by atoms with Crippen LogP contribution >= 0.6 is 0 Å². The minimum absolute atomic E-state index is 0.0697. The highest BCUT2D eigenvalue weighted by Crippen LogP contribution is 2.44. The average molecular weight is 387 g/mol. The van der Waals surface area contributed by atoms with Gasteiger partial charge in [0.1, 0.15) is 6.61 Å². The number of carbonyl (C=O) groups is 2. The Kier molecular flexibility index (Phi) is 5.04. The second-order valence-corrected chi connectivity index (χ2v) is 7.07. The maximum Gasteiger partial charge on any atom is 0.410 e. The van der Waals surface area contributed by atoms with Crippen molar-refractivity contribution in [2.45, 2.75) is 12.0 Å². The normalized spacial score (nSPS) is 13.3. The number of nitrogens with zero attached hydrogens (tertiary/aromatic N) is 1. The van der Waals surface area contributed by atoms with E-state index in [1.54, 1.807) is 30.3 Å². The van der Waals surface area contributed by atoms with E-state index in [0.29, 0.717) is 5.56 Å². The number of ether oxygens (including phenoxy) is 1. The fourth-order valence-corrected chi connectivity index (χ4v) is 3.97. The number of likely N-dealkylation sites (N-methyl/N-ethyl adjacent to an activating group) is 1. The number of amides is 1. The van der Waals surface area contributed by atoms with Crippen LogP contribution in [0.25, 0.3) is 11.1 Å². The van der Waals surface area contributed by atoms with Crippen LogP contribution < -0.4 is 0 Å². The van der Waals surface area contributed by atoms with E-state index in [-0.39, 0.29) is 12.5 Å². The number of fused-ring (bicyclic) bond motifs is 3. The summed E-state index contributed by atoms with van der Waals surface area (Å²) >= 11 is 0. The molecule has 0 aliphatic heterocycles. The highest BCUT2D eigenvalue weighted by atomic mass is 16.6. The van der Waals surface area contributed by atoms with Gasteiger partial charge in [-0.1, -0.05) is 78.9 Å². The fraction of sp³-hybridized carbons (Fsp3) is 0.167. The molecule has 0 saturated heterocycles. The molecule has 146 valence electrons. The number of aliphatic carboxylic acids is 1. The van der Waals surface area contributed by atoms with Crippen molar-refractivity contribution in [3.05, 3.63) is 95.6 Å². The molecule has 0 radical (unpaired) electrons. The first-order chi connectivity index (χ1) is 14.1. The van der Waals surface area contributed by atoms with Crippen LogP contribution in [0.1, 0.15) is 28.7 Å². The standard InChI is InChI=1S/C24H21NO4/c1-25(22(23(26)27)16-9-3-2-4-10-16)24(28)29-15-21-19-13-7-5-11-17(19)18-12-6-8-14-20(18)21/h2-14,21-22H,15H2,1H3,(H,26,27)/t22-/m1/s1. The summed E-state index contributed by atoms with van der Waals surface area (Å²) < 4.78 is 5.58. The maximum atomic E-state index is 12.7. The number of benzene rings is 3. The van der Waals surface area contributed by atoms with Crippen molar-refractivity contribution in [3.63, 3.8) is 0 Å². The summed E-state index contributed by atoms with van der Waals surface area (Å²) in [6, 6.07) is 23.7. The highest BCUT2D eigenvalue weighted by molar-refractivity contribution is 5.82. The van der Waals surface area contributed by atoms with Crippen LogP contribution in [0.15, 0.2) is 78.9 Å². The monoisotopic (exact) mass is 387 g/mol. The second-order valence-electron chi connectivity index (χ2n) is 7.07. The first-order valence-corrected chi connectivity index (χ1v) is 9.43. The summed E-state index contributed by atoms with van der Waals surface area (Å²) in [5.74, 6) is -1.17. The van der Waals surface area contributed by atoms with Gasteiger partial charge >= 0.3 is 12.1 Å². The summed E-state index contributed by atoms with van der Waals surface area (Å²) in [5.41, 5.74) is 5.04. The van der Waals surface area contributed by atoms with E-state index < -0.39 is 18.1 Å². The van der Waals surface area contributed by atoms with Gasteiger partial charge in [-0.25, -0.2) is 9.59 Å². The quantitative estimate of drug-likeness (QED) is 0.689. The highest BCUT2D eigenvalue weighted by Gasteiger charge is 2.32. The molecule has 0 aromatic heterocycles. The number of carbonyl (C=O) groups excluding carboxylic acids is 1. The van der Waals surface area contributed by atoms with Crippen LogP contribution in [0.3, 0.4) is 0 Å². The van der Waals surface area contributed by atoms with Gasteiger partial charge in [-0.3, -0.25) is 4.90 Å². The molecule has 1 amide bonds. The Hall–Kier alpha value is -3.60. The summed E-state index contributed by atoms with van der Waals surface area (Å²) in [6.45, 7) is 0.151. The van der Waals surface area contributed by atoms with Crippen molar-refractivity contribution in [3.8, 4) is 11.1 Å². The molecule has 1 aliphatic rings. The molecule has 0 bridgehead atoms. The lowest BCUT2D eigenvalue weighted by Gasteiger charge is -2.25. The van der Waals surface area contributed by atoms with Crippen LogP contribution in [-0.2, 0) is 9.53 Å². The van der Waals surface area contributed by atoms with Crippen molar-refractivity contribution >= 4 is 12.1 Å². The van der Waals surface area contributed by atoms with E-state index in [0.717, 1.165) is 27.2 Å². The Balaban J connectivity index is 1.53. The first-order valence-electron chi connectivity index (χ1n) is 9.43. The minimum atomic E-state index is -1.10. The van der Waals surface area contributed by atoms with Crippen LogP contribution in [0, 0.1) is 0 Å². The fourth-order valence-electron chi connectivity index (χ4n) is 3.97. The van der Waals surface area contributed by atoms with Gasteiger partial charge in [-0.05, 0) is 27.8 Å². The summed E-state index contributed by atoms with van der Waals surface area (Å²) in [7, 11) is 1.45. The van der Waals surface area contributed by atoms with E-state index in [1.165, 1.54) is 7.05 Å². The van der Waals surface area contributed by atoms with E-state index in [4.69, 9.17) is 4.74 Å². The van der Waals surface area contributed by atoms with Crippen molar-refractivity contribution in [2.75, 3.05) is 13.7 Å². The number of carboxylic acids is 1. The van der Waals surface area contributed by atoms with Gasteiger partial charge in [0.2, 0.25) is 0 Å². The van der Waals surface area contributed by atoms with Gasteiger partial charge in [-0.15, -0.1) is 0 Å². The molecule has 5 nitrogen and oxygen atoms in total. The van der Waals surface area contributed by atoms with E-state index >= 15 is 0 Å². The lowest BCUT2D eigenvalue weighted by atomic mass is 9.98. The first kappa shape index (κ1) is 18.7. The number of hydrogen-bond acceptors (Lipinski definition) is 3. The molecule has 0 spiro atoms. The van der Waals surface area contributed by atoms with E-state index in [9.17, 15) is 14.7 Å². The molecule has 4 rings (SSSR count). The van der Waals surface area contributed by atoms with E-state index in [1.807, 2.05) is 36.4 Å². The molecule has 3 aromatic rings. The molecule has 0 fully saturated rings. The third kappa shape index (κ3) is 3.47. The molecule has 0 unspecified atom stereocenters. The topological polar surface area (TPSA) is 66.8 Å². The summed E-state index contributed by atoms with van der Waals surface area (Å²) in [5, 5.41) is 9.64. The predicted octanol–water partition coefficient (Wildman–Crippen LogP) is 4.69. The molecule has 0 heterocycles. The third-order valence-corrected chi connectivity index (χ3v) is 5.36. The van der Waals surface area contributed by atoms with E-state index in [2.05, 4.69) is 12.1 Å². The van der Waals surface area contributed by atoms with Gasteiger partial charge in [0, 0.05) is 13.0 Å². The Bertz CT molecular complexity index is 1000. The zero-order valence-corrected chi connectivity index (χ0v) is 16.0. The molecule has 3 aromatic carbocycles. The molecule has 5 heteroatoms. The molecule has 1 N–H and O–H groups in total. The Morgan fingerprint density at radius 3 is 1.97 bits per heavy atom. The maximum absolute atomic E-state index is 12.7. The zero-order chi connectivity index (χ0) is 20.4. The van der Waals surface area contributed by atoms with Crippen LogP contribution in [-0.4, -0.2) is 35.7 Å². The van der Waals surface area contributed by atoms with Gasteiger partial charge in [0.15, 0.2) is 6.04 Å². The smallest absolute Gasteiger partial charge is 0.410 e. The minimum Gasteiger partial charge on any atom is -0.479 e. The molecular weight excluding hydrogens is 366 g/mol. The number of rotatable bonds is 5. The molecular formula is C24H21NO4. The molecule has 0 saturated carbocycles. The van der Waals surface area contributed by atoms with Crippen molar-refractivity contribution in [1.82, 2.24) is 4.90 Å². The Morgan fingerprint density at radius 2 is 1.41 bits per heavy atom. The zero-order valence-electron chi connectivity index (χ0n) is 16.0. The number of carboxylic acid groups (broad SMARTS) is 1. The molecule has 29 heavy (non-hydrogen) atoms. The third-order valence-electron chi connectivity index (χ3n) is 5.36. The lowest BCUT2D eigenvalue weighted by Crippen LogP contribution is -2.36.